The van der Waals surface area contributed by atoms with Crippen LogP contribution < -0.4 is 10.5 Å². The molecule has 1 aromatic heterocycles. The number of benzene rings is 2. The van der Waals surface area contributed by atoms with E-state index in [4.69, 9.17) is 4.74 Å². The van der Waals surface area contributed by atoms with Gasteiger partial charge in [0.2, 0.25) is 0 Å². The quantitative estimate of drug-likeness (QED) is 0.484. The van der Waals surface area contributed by atoms with Crippen molar-refractivity contribution in [2.75, 3.05) is 0 Å². The first kappa shape index (κ1) is 23.1. The maximum Gasteiger partial charge on any atom is 0.439 e. The number of nitrogens with one attached hydrogen (secondary N) is 1. The van der Waals surface area contributed by atoms with Crippen molar-refractivity contribution in [2.24, 2.45) is 4.99 Å². The minimum absolute atomic E-state index is 0.0226. The molecule has 0 spiro atoms. The summed E-state index contributed by atoms with van der Waals surface area (Å²) < 4.78 is 63.5. The number of hydrogen-bond acceptors (Lipinski definition) is 6. The molecule has 174 valence electrons. The average molecular weight is 481 g/mol. The summed E-state index contributed by atoms with van der Waals surface area (Å²) in [5.41, 5.74) is -0.0404. The van der Waals surface area contributed by atoms with Gasteiger partial charge in [-0.15, -0.1) is 0 Å². The molecule has 11 heteroatoms. The molecule has 0 saturated carbocycles. The lowest BCUT2D eigenvalue weighted by Crippen LogP contribution is -2.34. The Morgan fingerprint density at radius 3 is 2.52 bits per heavy atom. The van der Waals surface area contributed by atoms with E-state index in [1.165, 1.54) is 36.0 Å². The molecule has 0 fully saturated rings. The Morgan fingerprint density at radius 1 is 1.21 bits per heavy atom. The summed E-state index contributed by atoms with van der Waals surface area (Å²) in [7, 11) is 0. The highest BCUT2D eigenvalue weighted by molar-refractivity contribution is 8.15. The molecular formula is C22H19F4N3O3S. The van der Waals surface area contributed by atoms with Crippen LogP contribution in [0, 0.1) is 5.82 Å². The van der Waals surface area contributed by atoms with Crippen LogP contribution in [0.15, 0.2) is 56.8 Å². The Kier molecular flexibility index (Phi) is 6.33. The fraction of sp³-hybridized carbons (Fsp3) is 0.318. The second-order valence-electron chi connectivity index (χ2n) is 7.48. The van der Waals surface area contributed by atoms with Crippen LogP contribution in [0.1, 0.15) is 31.4 Å². The Balaban J connectivity index is 1.47. The Morgan fingerprint density at radius 2 is 1.94 bits per heavy atom. The lowest BCUT2D eigenvalue weighted by Gasteiger charge is -2.25. The van der Waals surface area contributed by atoms with Gasteiger partial charge in [-0.25, -0.2) is 9.18 Å². The summed E-state index contributed by atoms with van der Waals surface area (Å²) in [5.74, 6) is -1.15. The summed E-state index contributed by atoms with van der Waals surface area (Å²) in [6.07, 6.45) is -4.11. The summed E-state index contributed by atoms with van der Waals surface area (Å²) >= 11 is 1.43. The molecule has 0 amide bonds. The largest absolute Gasteiger partial charge is 0.489 e. The maximum absolute atomic E-state index is 14.6. The van der Waals surface area contributed by atoms with E-state index in [9.17, 15) is 22.4 Å². The van der Waals surface area contributed by atoms with Crippen LogP contribution in [-0.4, -0.2) is 32.6 Å². The zero-order chi connectivity index (χ0) is 23.8. The topological polar surface area (TPSA) is 80.5 Å². The van der Waals surface area contributed by atoms with E-state index in [-0.39, 0.29) is 28.8 Å². The van der Waals surface area contributed by atoms with Gasteiger partial charge in [0, 0.05) is 11.6 Å². The molecule has 2 aromatic carbocycles. The fourth-order valence-electron chi connectivity index (χ4n) is 3.51. The lowest BCUT2D eigenvalue weighted by molar-refractivity contribution is -0.137. The van der Waals surface area contributed by atoms with Gasteiger partial charge in [-0.1, -0.05) is 36.0 Å². The molecule has 0 aliphatic carbocycles. The van der Waals surface area contributed by atoms with Crippen molar-refractivity contribution < 1.29 is 26.8 Å². The predicted molar refractivity (Wildman–Crippen MR) is 116 cm³/mol. The summed E-state index contributed by atoms with van der Waals surface area (Å²) in [6.45, 7) is 3.84. The molecule has 1 aliphatic heterocycles. The number of aromatic amines is 1. The highest BCUT2D eigenvalue weighted by Crippen LogP contribution is 2.37. The third-order valence-electron chi connectivity index (χ3n) is 5.20. The van der Waals surface area contributed by atoms with Crippen LogP contribution in [0.4, 0.5) is 17.6 Å². The van der Waals surface area contributed by atoms with E-state index in [2.05, 4.69) is 19.7 Å². The second kappa shape index (κ2) is 9.05. The third kappa shape index (κ3) is 4.97. The average Bonchev–Trinajstić information content (AvgIpc) is 3.37. The number of hydrogen-bond donors (Lipinski definition) is 1. The molecule has 0 bridgehead atoms. The zero-order valence-electron chi connectivity index (χ0n) is 17.5. The van der Waals surface area contributed by atoms with Crippen molar-refractivity contribution >= 4 is 16.8 Å². The smallest absolute Gasteiger partial charge is 0.439 e. The van der Waals surface area contributed by atoms with Gasteiger partial charge in [-0.2, -0.15) is 13.2 Å². The van der Waals surface area contributed by atoms with Gasteiger partial charge in [0.15, 0.2) is 5.82 Å². The number of H-pyrrole nitrogens is 1. The van der Waals surface area contributed by atoms with Gasteiger partial charge in [0.1, 0.15) is 17.7 Å². The van der Waals surface area contributed by atoms with Crippen molar-refractivity contribution in [1.29, 1.82) is 0 Å². The highest BCUT2D eigenvalue weighted by atomic mass is 32.2. The molecule has 4 rings (SSSR count). The number of aliphatic imine (C=N–C) groups is 1. The molecule has 1 aliphatic rings. The van der Waals surface area contributed by atoms with Gasteiger partial charge in [0.25, 0.3) is 0 Å². The van der Waals surface area contributed by atoms with Crippen LogP contribution in [0.3, 0.4) is 0 Å². The van der Waals surface area contributed by atoms with Crippen LogP contribution >= 0.6 is 11.8 Å². The number of halogens is 4. The van der Waals surface area contributed by atoms with Gasteiger partial charge in [-0.05, 0) is 37.6 Å². The SMILES string of the molecule is CCC(Oc1ccc(-c2noc(=O)[nH]2)c(F)c1)C1SC(c2ccc(C(F)(F)F)cc2)=NC1C. The number of rotatable bonds is 6. The molecule has 2 heterocycles. The Hall–Kier alpha value is -3.08. The molecule has 33 heavy (non-hydrogen) atoms. The number of ether oxygens (including phenoxy) is 1. The molecule has 0 radical (unpaired) electrons. The van der Waals surface area contributed by atoms with E-state index < -0.39 is 23.3 Å². The van der Waals surface area contributed by atoms with Gasteiger partial charge < -0.3 is 4.74 Å². The number of alkyl halides is 3. The molecule has 3 aromatic rings. The summed E-state index contributed by atoms with van der Waals surface area (Å²) in [5, 5.41) is 4.01. The van der Waals surface area contributed by atoms with Crippen LogP contribution in [0.25, 0.3) is 11.4 Å². The molecule has 3 unspecified atom stereocenters. The monoisotopic (exact) mass is 481 g/mol. The minimum Gasteiger partial charge on any atom is -0.489 e. The van der Waals surface area contributed by atoms with Crippen molar-refractivity contribution in [3.8, 4) is 17.1 Å². The summed E-state index contributed by atoms with van der Waals surface area (Å²) in [6, 6.07) is 8.94. The highest BCUT2D eigenvalue weighted by Gasteiger charge is 2.35. The van der Waals surface area contributed by atoms with E-state index >= 15 is 0 Å². The van der Waals surface area contributed by atoms with E-state index in [1.54, 1.807) is 6.07 Å². The standard InChI is InChI=1S/C22H19F4N3O3S/c1-3-17(31-14-8-9-15(16(23)10-14)19-28-21(30)32-29-19)18-11(2)27-20(33-18)12-4-6-13(7-5-12)22(24,25)26/h4-11,17-18H,3H2,1-2H3,(H,28,29,30). The molecule has 0 saturated heterocycles. The first-order valence-electron chi connectivity index (χ1n) is 10.1. The van der Waals surface area contributed by atoms with Gasteiger partial charge in [0.05, 0.1) is 27.5 Å². The van der Waals surface area contributed by atoms with Crippen molar-refractivity contribution in [3.63, 3.8) is 0 Å². The minimum atomic E-state index is -4.39. The van der Waals surface area contributed by atoms with E-state index in [1.807, 2.05) is 13.8 Å². The van der Waals surface area contributed by atoms with E-state index in [0.717, 1.165) is 12.1 Å². The molecule has 1 N–H and O–H groups in total. The lowest BCUT2D eigenvalue weighted by atomic mass is 10.1. The number of aromatic nitrogens is 2. The normalized spacial score (nSPS) is 19.4. The third-order valence-corrected chi connectivity index (χ3v) is 6.73. The Bertz CT molecular complexity index is 1220. The van der Waals surface area contributed by atoms with Gasteiger partial charge in [-0.3, -0.25) is 14.5 Å². The second-order valence-corrected chi connectivity index (χ2v) is 8.65. The molecular weight excluding hydrogens is 462 g/mol. The fourth-order valence-corrected chi connectivity index (χ4v) is 4.93. The van der Waals surface area contributed by atoms with Crippen LogP contribution in [0.5, 0.6) is 5.75 Å². The van der Waals surface area contributed by atoms with Crippen LogP contribution in [0.2, 0.25) is 0 Å². The maximum atomic E-state index is 14.6. The van der Waals surface area contributed by atoms with E-state index in [0.29, 0.717) is 22.8 Å². The molecule has 3 atom stereocenters. The van der Waals surface area contributed by atoms with Gasteiger partial charge >= 0.3 is 11.9 Å². The first-order chi connectivity index (χ1) is 15.7. The molecule has 6 nitrogen and oxygen atoms in total. The van der Waals surface area contributed by atoms with Crippen molar-refractivity contribution in [1.82, 2.24) is 10.1 Å². The summed E-state index contributed by atoms with van der Waals surface area (Å²) in [4.78, 5) is 18.0. The van der Waals surface area contributed by atoms with Crippen LogP contribution in [-0.2, 0) is 6.18 Å². The number of nitrogens with zero attached hydrogens (tertiary/aromatic N) is 2. The number of thioether (sulfide) groups is 1. The first-order valence-corrected chi connectivity index (χ1v) is 11.0. The predicted octanol–water partition coefficient (Wildman–Crippen LogP) is 5.30. The zero-order valence-corrected chi connectivity index (χ0v) is 18.3. The Labute approximate surface area is 190 Å². The van der Waals surface area contributed by atoms with Crippen molar-refractivity contribution in [3.05, 3.63) is 70.0 Å². The van der Waals surface area contributed by atoms with Crippen molar-refractivity contribution in [2.45, 2.75) is 43.8 Å².